The van der Waals surface area contributed by atoms with Crippen LogP contribution in [0, 0.1) is 16.3 Å². The first-order chi connectivity index (χ1) is 13.2. The van der Waals surface area contributed by atoms with Gasteiger partial charge < -0.3 is 5.32 Å². The molecular weight excluding hydrogens is 334 g/mol. The molecule has 134 valence electrons. The number of nitrogens with zero attached hydrogens (tertiary/aromatic N) is 1. The fraction of sp³-hybridized carbons (Fsp3) is 0.0909. The highest BCUT2D eigenvalue weighted by Crippen LogP contribution is 2.15. The topological polar surface area (TPSA) is 95.9 Å². The molecule has 3 aromatic rings. The first kappa shape index (κ1) is 18.2. The quantitative estimate of drug-likeness (QED) is 0.259. The molecule has 5 nitrogen and oxygen atoms in total. The van der Waals surface area contributed by atoms with Gasteiger partial charge in [0.25, 0.3) is 0 Å². The lowest BCUT2D eigenvalue weighted by Crippen LogP contribution is -2.04. The summed E-state index contributed by atoms with van der Waals surface area (Å²) < 4.78 is 0. The summed E-state index contributed by atoms with van der Waals surface area (Å²) in [5, 5.41) is 22.4. The molecule has 0 radical (unpaired) electrons. The molecule has 3 aromatic carbocycles. The minimum Gasteiger partial charge on any atom is -0.381 e. The van der Waals surface area contributed by atoms with Crippen molar-refractivity contribution in [2.75, 3.05) is 5.32 Å². The highest BCUT2D eigenvalue weighted by atomic mass is 15.0. The average Bonchev–Trinajstić information content (AvgIpc) is 2.73. The largest absolute Gasteiger partial charge is 0.381 e. The number of hydrogen-bond donors (Lipinski definition) is 4. The van der Waals surface area contributed by atoms with Crippen LogP contribution in [-0.2, 0) is 13.0 Å². The van der Waals surface area contributed by atoms with Gasteiger partial charge in [-0.3, -0.25) is 10.8 Å². The van der Waals surface area contributed by atoms with Crippen molar-refractivity contribution in [2.45, 2.75) is 13.0 Å². The van der Waals surface area contributed by atoms with E-state index in [4.69, 9.17) is 16.3 Å². The Morgan fingerprint density at radius 3 is 2.19 bits per heavy atom. The summed E-state index contributed by atoms with van der Waals surface area (Å²) in [6, 6.07) is 25.5. The van der Waals surface area contributed by atoms with Gasteiger partial charge in [0.15, 0.2) is 0 Å². The molecule has 0 aromatic heterocycles. The third kappa shape index (κ3) is 4.95. The van der Waals surface area contributed by atoms with E-state index in [2.05, 4.69) is 10.4 Å². The van der Waals surface area contributed by atoms with Crippen molar-refractivity contribution in [1.29, 1.82) is 16.3 Å². The van der Waals surface area contributed by atoms with Crippen LogP contribution < -0.4 is 5.32 Å². The molecule has 5 heteroatoms. The lowest BCUT2D eigenvalue weighted by molar-refractivity contribution is 1.11. The number of benzene rings is 3. The Morgan fingerprint density at radius 1 is 0.778 bits per heavy atom. The maximum atomic E-state index is 8.40. The molecule has 3 rings (SSSR count). The molecular formula is C22H21N5. The summed E-state index contributed by atoms with van der Waals surface area (Å²) in [6.07, 6.45) is 0.368. The molecule has 0 heterocycles. The maximum absolute atomic E-state index is 8.40. The van der Waals surface area contributed by atoms with Crippen LogP contribution in [0.5, 0.6) is 0 Å². The van der Waals surface area contributed by atoms with Crippen LogP contribution in [0.3, 0.4) is 0 Å². The number of nitrogens with one attached hydrogen (secondary N) is 4. The van der Waals surface area contributed by atoms with Crippen molar-refractivity contribution in [3.63, 3.8) is 0 Å². The van der Waals surface area contributed by atoms with Gasteiger partial charge in [0.05, 0.1) is 5.71 Å². The smallest absolute Gasteiger partial charge is 0.147 e. The fourth-order valence-electron chi connectivity index (χ4n) is 2.79. The Labute approximate surface area is 158 Å². The van der Waals surface area contributed by atoms with Crippen LogP contribution in [0.15, 0.2) is 84.0 Å². The first-order valence-corrected chi connectivity index (χ1v) is 8.66. The predicted octanol–water partition coefficient (Wildman–Crippen LogP) is 5.27. The third-order valence-electron chi connectivity index (χ3n) is 4.24. The monoisotopic (exact) mass is 355 g/mol. The van der Waals surface area contributed by atoms with E-state index in [0.717, 1.165) is 27.9 Å². The molecule has 0 fully saturated rings. The summed E-state index contributed by atoms with van der Waals surface area (Å²) in [4.78, 5) is 0. The van der Waals surface area contributed by atoms with Crippen LogP contribution in [-0.4, -0.2) is 11.5 Å². The summed E-state index contributed by atoms with van der Waals surface area (Å²) in [6.45, 7) is 0.660. The zero-order valence-electron chi connectivity index (χ0n) is 14.9. The summed E-state index contributed by atoms with van der Waals surface area (Å²) in [7, 11) is 0. The molecule has 0 saturated heterocycles. The van der Waals surface area contributed by atoms with Gasteiger partial charge in [0.2, 0.25) is 0 Å². The lowest BCUT2D eigenvalue weighted by Gasteiger charge is -2.10. The van der Waals surface area contributed by atoms with Crippen molar-refractivity contribution in [2.24, 2.45) is 5.11 Å². The molecule has 0 bridgehead atoms. The zero-order chi connectivity index (χ0) is 19.1. The minimum absolute atomic E-state index is 0.0494. The van der Waals surface area contributed by atoms with Gasteiger partial charge in [0.1, 0.15) is 5.84 Å². The maximum Gasteiger partial charge on any atom is 0.147 e. The van der Waals surface area contributed by atoms with Crippen molar-refractivity contribution in [3.8, 4) is 0 Å². The van der Waals surface area contributed by atoms with E-state index in [0.29, 0.717) is 18.7 Å². The molecule has 0 aliphatic rings. The molecule has 0 atom stereocenters. The standard InChI is InChI=1S/C22H21N5/c23-21(27-25)14-16-9-11-20(12-10-16)26-15-17-5-4-8-19(13-17)22(24)18-6-2-1-3-7-18/h1-13,23-26H,14-15H2. The molecule has 0 amide bonds. The normalized spacial score (nSPS) is 10.2. The summed E-state index contributed by atoms with van der Waals surface area (Å²) >= 11 is 0. The number of amidine groups is 1. The Hall–Kier alpha value is -3.60. The predicted molar refractivity (Wildman–Crippen MR) is 109 cm³/mol. The molecule has 4 N–H and O–H groups in total. The molecule has 0 aliphatic carbocycles. The van der Waals surface area contributed by atoms with Crippen LogP contribution in [0.25, 0.3) is 0 Å². The van der Waals surface area contributed by atoms with Crippen LogP contribution in [0.4, 0.5) is 5.69 Å². The summed E-state index contributed by atoms with van der Waals surface area (Å²) in [5.74, 6) is 0.0494. The molecule has 0 spiro atoms. The minimum atomic E-state index is 0.0494. The van der Waals surface area contributed by atoms with E-state index < -0.39 is 0 Å². The van der Waals surface area contributed by atoms with E-state index in [1.54, 1.807) is 0 Å². The van der Waals surface area contributed by atoms with Crippen molar-refractivity contribution in [1.82, 2.24) is 0 Å². The Balaban J connectivity index is 1.64. The second-order valence-corrected chi connectivity index (χ2v) is 6.23. The highest BCUT2D eigenvalue weighted by Gasteiger charge is 2.05. The number of rotatable bonds is 7. The van der Waals surface area contributed by atoms with Crippen LogP contribution in [0.2, 0.25) is 0 Å². The van der Waals surface area contributed by atoms with Gasteiger partial charge >= 0.3 is 0 Å². The van der Waals surface area contributed by atoms with E-state index in [1.165, 1.54) is 0 Å². The van der Waals surface area contributed by atoms with E-state index in [1.807, 2.05) is 78.9 Å². The SMILES string of the molecule is N=NC(=N)Cc1ccc(NCc2cccc(C(=N)c3ccccc3)c2)cc1. The Bertz CT molecular complexity index is 946. The van der Waals surface area contributed by atoms with E-state index >= 15 is 0 Å². The molecule has 27 heavy (non-hydrogen) atoms. The van der Waals surface area contributed by atoms with Crippen molar-refractivity contribution >= 4 is 17.2 Å². The molecule has 0 unspecified atom stereocenters. The van der Waals surface area contributed by atoms with E-state index in [-0.39, 0.29) is 5.84 Å². The fourth-order valence-corrected chi connectivity index (χ4v) is 2.79. The second-order valence-electron chi connectivity index (χ2n) is 6.23. The lowest BCUT2D eigenvalue weighted by atomic mass is 10.0. The van der Waals surface area contributed by atoms with Gasteiger partial charge in [-0.15, -0.1) is 5.11 Å². The average molecular weight is 355 g/mol. The molecule has 0 aliphatic heterocycles. The Morgan fingerprint density at radius 2 is 1.48 bits per heavy atom. The first-order valence-electron chi connectivity index (χ1n) is 8.66. The zero-order valence-corrected chi connectivity index (χ0v) is 14.9. The van der Waals surface area contributed by atoms with E-state index in [9.17, 15) is 0 Å². The van der Waals surface area contributed by atoms with Crippen molar-refractivity contribution in [3.05, 3.63) is 101 Å². The number of hydrogen-bond acceptors (Lipinski definition) is 4. The second kappa shape index (κ2) is 8.67. The third-order valence-corrected chi connectivity index (χ3v) is 4.24. The Kier molecular flexibility index (Phi) is 5.84. The molecule has 0 saturated carbocycles. The summed E-state index contributed by atoms with van der Waals surface area (Å²) in [5.41, 5.74) is 12.2. The highest BCUT2D eigenvalue weighted by molar-refractivity contribution is 6.10. The van der Waals surface area contributed by atoms with Gasteiger partial charge in [-0.25, -0.2) is 5.53 Å². The van der Waals surface area contributed by atoms with Gasteiger partial charge in [-0.05, 0) is 34.9 Å². The number of anilines is 1. The van der Waals surface area contributed by atoms with Gasteiger partial charge in [-0.2, -0.15) is 0 Å². The van der Waals surface area contributed by atoms with Gasteiger partial charge in [0, 0.05) is 24.2 Å². The van der Waals surface area contributed by atoms with Crippen LogP contribution >= 0.6 is 0 Å². The van der Waals surface area contributed by atoms with Gasteiger partial charge in [-0.1, -0.05) is 60.7 Å². The van der Waals surface area contributed by atoms with Crippen molar-refractivity contribution < 1.29 is 0 Å². The van der Waals surface area contributed by atoms with Crippen LogP contribution in [0.1, 0.15) is 22.3 Å².